The molecule has 238 valence electrons. The predicted octanol–water partition coefficient (Wildman–Crippen LogP) is 9.26. The Morgan fingerprint density at radius 1 is 0.550 bits per heavy atom. The first-order valence-corrected chi connectivity index (χ1v) is 16.1. The highest BCUT2D eigenvalue weighted by atomic mass is 16.5. The lowest BCUT2D eigenvalue weighted by atomic mass is 9.66. The van der Waals surface area contributed by atoms with E-state index in [1.807, 2.05) is 0 Å². The number of Topliss-reactive ketones (excluding diaryl/α,β-unsaturated/α-hetero) is 1. The summed E-state index contributed by atoms with van der Waals surface area (Å²) in [5.74, 6) is 0.355. The molecule has 0 aromatic heterocycles. The van der Waals surface area contributed by atoms with Gasteiger partial charge in [0, 0.05) is 54.7 Å². The topological polar surface area (TPSA) is 32.8 Å². The highest BCUT2D eigenvalue weighted by Gasteiger charge is 2.46. The van der Waals surface area contributed by atoms with Crippen molar-refractivity contribution in [2.24, 2.45) is 27.1 Å². The molecule has 0 atom stereocenters. The molecule has 1 saturated heterocycles. The zero-order chi connectivity index (χ0) is 31.8. The van der Waals surface area contributed by atoms with E-state index in [9.17, 15) is 4.79 Å². The molecule has 1 aliphatic heterocycles. The summed E-state index contributed by atoms with van der Waals surface area (Å²) in [6.07, 6.45) is 3.87. The average molecular weight is 565 g/mol. The predicted molar refractivity (Wildman–Crippen MR) is 175 cm³/mol. The summed E-state index contributed by atoms with van der Waals surface area (Å²) in [6, 6.07) is 0. The molecule has 0 amide bonds. The zero-order valence-corrected chi connectivity index (χ0v) is 30.6. The minimum Gasteiger partial charge on any atom is -0.375 e. The second-order valence-electron chi connectivity index (χ2n) is 19.3. The standard InChI is InChI=1S/C36H72N2O2/c1-29(2,3)25-33(11,12)36(17,18)40-24-19-31(7,8)28(39)32(9,10)27-35(15,16)38-22-20-37(21-23-38)34(13,14)26-30(4,5)6/h19-27H2,1-18H3. The highest BCUT2D eigenvalue weighted by molar-refractivity contribution is 5.89. The maximum atomic E-state index is 14.0. The number of rotatable bonds is 13. The largest absolute Gasteiger partial charge is 0.375 e. The van der Waals surface area contributed by atoms with Crippen molar-refractivity contribution in [3.05, 3.63) is 0 Å². The number of hydrogen-bond donors (Lipinski definition) is 0. The quantitative estimate of drug-likeness (QED) is 0.223. The van der Waals surface area contributed by atoms with E-state index >= 15 is 0 Å². The molecule has 0 unspecified atom stereocenters. The minimum atomic E-state index is -0.431. The smallest absolute Gasteiger partial charge is 0.144 e. The van der Waals surface area contributed by atoms with Crippen LogP contribution < -0.4 is 0 Å². The van der Waals surface area contributed by atoms with Crippen molar-refractivity contribution in [1.29, 1.82) is 0 Å². The van der Waals surface area contributed by atoms with Gasteiger partial charge < -0.3 is 4.74 Å². The summed E-state index contributed by atoms with van der Waals surface area (Å²) in [5, 5.41) is 0. The zero-order valence-electron chi connectivity index (χ0n) is 30.6. The second kappa shape index (κ2) is 12.3. The van der Waals surface area contributed by atoms with Crippen LogP contribution >= 0.6 is 0 Å². The van der Waals surface area contributed by atoms with Crippen molar-refractivity contribution in [2.75, 3.05) is 32.8 Å². The van der Waals surface area contributed by atoms with Gasteiger partial charge in [-0.25, -0.2) is 0 Å². The summed E-state index contributed by atoms with van der Waals surface area (Å²) >= 11 is 0. The summed E-state index contributed by atoms with van der Waals surface area (Å²) in [6.45, 7) is 45.9. The van der Waals surface area contributed by atoms with Crippen LogP contribution in [0.2, 0.25) is 0 Å². The van der Waals surface area contributed by atoms with Gasteiger partial charge in [0.25, 0.3) is 0 Å². The number of ketones is 1. The maximum absolute atomic E-state index is 14.0. The molecule has 0 spiro atoms. The molecular formula is C36H72N2O2. The van der Waals surface area contributed by atoms with E-state index in [0.717, 1.165) is 45.4 Å². The monoisotopic (exact) mass is 565 g/mol. The normalized spacial score (nSPS) is 18.4. The first-order chi connectivity index (χ1) is 17.4. The lowest BCUT2D eigenvalue weighted by Gasteiger charge is -2.51. The van der Waals surface area contributed by atoms with Crippen molar-refractivity contribution in [3.63, 3.8) is 0 Å². The second-order valence-corrected chi connectivity index (χ2v) is 19.3. The molecule has 0 aromatic rings. The van der Waals surface area contributed by atoms with Crippen molar-refractivity contribution < 1.29 is 9.53 Å². The molecule has 4 heteroatoms. The van der Waals surface area contributed by atoms with Crippen molar-refractivity contribution >= 4 is 5.78 Å². The maximum Gasteiger partial charge on any atom is 0.144 e. The Morgan fingerprint density at radius 3 is 1.30 bits per heavy atom. The Balaban J connectivity index is 2.81. The molecule has 1 rings (SSSR count). The lowest BCUT2D eigenvalue weighted by molar-refractivity contribution is -0.143. The molecule has 4 nitrogen and oxygen atoms in total. The fourth-order valence-electron chi connectivity index (χ4n) is 7.93. The third-order valence-electron chi connectivity index (χ3n) is 9.85. The fourth-order valence-corrected chi connectivity index (χ4v) is 7.93. The van der Waals surface area contributed by atoms with Gasteiger partial charge in [-0.1, -0.05) is 83.1 Å². The third kappa shape index (κ3) is 10.7. The summed E-state index contributed by atoms with van der Waals surface area (Å²) in [5.41, 5.74) is -0.339. The van der Waals surface area contributed by atoms with Crippen LogP contribution in [0.25, 0.3) is 0 Å². The molecule has 1 heterocycles. The number of hydrogen-bond acceptors (Lipinski definition) is 4. The van der Waals surface area contributed by atoms with Crippen molar-refractivity contribution in [3.8, 4) is 0 Å². The Kier molecular flexibility index (Phi) is 11.5. The van der Waals surface area contributed by atoms with Gasteiger partial charge in [-0.3, -0.25) is 14.6 Å². The lowest BCUT2D eigenvalue weighted by Crippen LogP contribution is -2.60. The minimum absolute atomic E-state index is 0.0364. The van der Waals surface area contributed by atoms with Gasteiger partial charge >= 0.3 is 0 Å². The van der Waals surface area contributed by atoms with E-state index < -0.39 is 10.8 Å². The van der Waals surface area contributed by atoms with Crippen LogP contribution in [0, 0.1) is 27.1 Å². The van der Waals surface area contributed by atoms with E-state index in [1.54, 1.807) is 0 Å². The van der Waals surface area contributed by atoms with Crippen LogP contribution in [-0.2, 0) is 9.53 Å². The van der Waals surface area contributed by atoms with Gasteiger partial charge in [0.15, 0.2) is 0 Å². The fraction of sp³-hybridized carbons (Fsp3) is 0.972. The number of ether oxygens (including phenoxy) is 1. The van der Waals surface area contributed by atoms with Crippen LogP contribution in [0.4, 0.5) is 0 Å². The number of carbonyl (C=O) groups excluding carboxylic acids is 1. The summed E-state index contributed by atoms with van der Waals surface area (Å²) < 4.78 is 6.54. The van der Waals surface area contributed by atoms with E-state index in [2.05, 4.69) is 134 Å². The van der Waals surface area contributed by atoms with E-state index in [-0.39, 0.29) is 27.5 Å². The summed E-state index contributed by atoms with van der Waals surface area (Å²) in [7, 11) is 0. The number of piperazine rings is 1. The van der Waals surface area contributed by atoms with Gasteiger partial charge in [-0.2, -0.15) is 0 Å². The molecule has 0 bridgehead atoms. The van der Waals surface area contributed by atoms with Gasteiger partial charge in [0.05, 0.1) is 5.60 Å². The Bertz CT molecular complexity index is 826. The average Bonchev–Trinajstić information content (AvgIpc) is 2.68. The van der Waals surface area contributed by atoms with Crippen LogP contribution in [0.15, 0.2) is 0 Å². The molecule has 1 fully saturated rings. The van der Waals surface area contributed by atoms with Gasteiger partial charge in [-0.15, -0.1) is 0 Å². The highest BCUT2D eigenvalue weighted by Crippen LogP contribution is 2.44. The van der Waals surface area contributed by atoms with Gasteiger partial charge in [-0.05, 0) is 83.5 Å². The van der Waals surface area contributed by atoms with E-state index in [1.165, 1.54) is 6.42 Å². The Morgan fingerprint density at radius 2 is 0.925 bits per heavy atom. The van der Waals surface area contributed by atoms with Crippen LogP contribution in [0.5, 0.6) is 0 Å². The molecular weight excluding hydrogens is 492 g/mol. The van der Waals surface area contributed by atoms with E-state index in [0.29, 0.717) is 17.8 Å². The van der Waals surface area contributed by atoms with E-state index in [4.69, 9.17) is 4.74 Å². The van der Waals surface area contributed by atoms with Crippen LogP contribution in [0.3, 0.4) is 0 Å². The molecule has 0 radical (unpaired) electrons. The summed E-state index contributed by atoms with van der Waals surface area (Å²) in [4.78, 5) is 19.3. The molecule has 40 heavy (non-hydrogen) atoms. The first kappa shape index (κ1) is 37.6. The molecule has 0 saturated carbocycles. The molecule has 0 aromatic carbocycles. The Hall–Kier alpha value is -0.450. The molecule has 1 aliphatic rings. The SMILES string of the molecule is CC(C)(C)CC(C)(C)N1CCN(C(C)(C)CC(C)(C)C(=O)C(C)(C)CCOC(C)(C)C(C)(C)CC(C)(C)C)CC1. The molecule has 0 aliphatic carbocycles. The van der Waals surface area contributed by atoms with Crippen LogP contribution in [0.1, 0.15) is 150 Å². The Labute approximate surface area is 251 Å². The van der Waals surface area contributed by atoms with Crippen molar-refractivity contribution in [2.45, 2.75) is 167 Å². The van der Waals surface area contributed by atoms with Crippen LogP contribution in [-0.4, -0.2) is 65.0 Å². The molecule has 0 N–H and O–H groups in total. The number of carbonyl (C=O) groups is 1. The van der Waals surface area contributed by atoms with Gasteiger partial charge in [0.1, 0.15) is 5.78 Å². The first-order valence-electron chi connectivity index (χ1n) is 16.1. The van der Waals surface area contributed by atoms with Crippen molar-refractivity contribution in [1.82, 2.24) is 9.80 Å². The third-order valence-corrected chi connectivity index (χ3v) is 9.85. The van der Waals surface area contributed by atoms with Gasteiger partial charge in [0.2, 0.25) is 0 Å². The number of nitrogens with zero attached hydrogens (tertiary/aromatic N) is 2.